The lowest BCUT2D eigenvalue weighted by molar-refractivity contribution is 0.651. The highest BCUT2D eigenvalue weighted by Gasteiger charge is 2.22. The monoisotopic (exact) mass is 461 g/mol. The summed E-state index contributed by atoms with van der Waals surface area (Å²) in [5.74, 6) is 0.720. The molecule has 0 radical (unpaired) electrons. The van der Waals surface area contributed by atoms with Crippen LogP contribution in [0, 0.1) is 5.92 Å². The van der Waals surface area contributed by atoms with E-state index in [0.717, 1.165) is 33.9 Å². The largest absolute Gasteiger partial charge is 0.359 e. The van der Waals surface area contributed by atoms with Crippen LogP contribution in [-0.4, -0.2) is 5.84 Å². The molecule has 2 aromatic rings. The van der Waals surface area contributed by atoms with Crippen molar-refractivity contribution in [1.29, 1.82) is 0 Å². The molecule has 1 aliphatic heterocycles. The van der Waals surface area contributed by atoms with Gasteiger partial charge in [-0.3, -0.25) is 0 Å². The van der Waals surface area contributed by atoms with Gasteiger partial charge in [0, 0.05) is 22.9 Å². The van der Waals surface area contributed by atoms with Gasteiger partial charge in [0.05, 0.1) is 0 Å². The first-order valence-electron chi connectivity index (χ1n) is 12.5. The van der Waals surface area contributed by atoms with Gasteiger partial charge < -0.3 is 10.6 Å². The van der Waals surface area contributed by atoms with Crippen molar-refractivity contribution in [2.75, 3.05) is 5.32 Å². The average Bonchev–Trinajstić information content (AvgIpc) is 2.86. The summed E-state index contributed by atoms with van der Waals surface area (Å²) in [5.41, 5.74) is 4.97. The molecule has 2 N–H and O–H groups in total. The summed E-state index contributed by atoms with van der Waals surface area (Å²) in [4.78, 5) is 4.90. The Balaban J connectivity index is 0.000000519. The van der Waals surface area contributed by atoms with E-state index in [9.17, 15) is 4.39 Å². The Labute approximate surface area is 205 Å². The maximum atomic E-state index is 13.7. The molecule has 182 valence electrons. The number of nitrogens with zero attached hydrogens (tertiary/aromatic N) is 1. The number of rotatable bonds is 3. The molecule has 0 saturated carbocycles. The van der Waals surface area contributed by atoms with Crippen LogP contribution >= 0.6 is 0 Å². The Morgan fingerprint density at radius 1 is 0.971 bits per heavy atom. The quantitative estimate of drug-likeness (QED) is 0.479. The van der Waals surface area contributed by atoms with Crippen LogP contribution < -0.4 is 10.6 Å². The van der Waals surface area contributed by atoms with Crippen LogP contribution in [0.5, 0.6) is 0 Å². The Bertz CT molecular complexity index is 1020. The van der Waals surface area contributed by atoms with Gasteiger partial charge in [0.25, 0.3) is 0 Å². The predicted molar refractivity (Wildman–Crippen MR) is 146 cm³/mol. The first-order valence-corrected chi connectivity index (χ1v) is 12.5. The molecule has 2 atom stereocenters. The van der Waals surface area contributed by atoms with Gasteiger partial charge in [0.2, 0.25) is 0 Å². The Kier molecular flexibility index (Phi) is 11.3. The minimum absolute atomic E-state index is 0.152. The molecule has 34 heavy (non-hydrogen) atoms. The van der Waals surface area contributed by atoms with E-state index >= 15 is 0 Å². The minimum Gasteiger partial charge on any atom is -0.359 e. The summed E-state index contributed by atoms with van der Waals surface area (Å²) in [7, 11) is 0. The molecule has 0 fully saturated rings. The van der Waals surface area contributed by atoms with E-state index in [1.807, 2.05) is 49.4 Å². The normalized spacial score (nSPS) is 19.6. The van der Waals surface area contributed by atoms with Crippen molar-refractivity contribution in [2.24, 2.45) is 10.9 Å². The number of halogens is 1. The molecule has 4 heteroatoms. The molecule has 0 amide bonds. The number of benzene rings is 2. The maximum Gasteiger partial charge on any atom is 0.147 e. The summed E-state index contributed by atoms with van der Waals surface area (Å²) in [5, 5.41) is 6.93. The van der Waals surface area contributed by atoms with Gasteiger partial charge >= 0.3 is 0 Å². The Morgan fingerprint density at radius 3 is 2.24 bits per heavy atom. The molecule has 3 nitrogen and oxygen atoms in total. The SMILES string of the molecule is C/C(NC1=NC(c2ccccc2)Nc2ccccc21)=C1/C=C(F)C=CC1C.CCC.CCCC. The molecular formula is C30H40FN3. The molecule has 2 unspecified atom stereocenters. The number of hydrogen-bond donors (Lipinski definition) is 2. The van der Waals surface area contributed by atoms with E-state index in [-0.39, 0.29) is 17.9 Å². The summed E-state index contributed by atoms with van der Waals surface area (Å²) in [6.45, 7) is 12.6. The van der Waals surface area contributed by atoms with Crippen LogP contribution in [0.2, 0.25) is 0 Å². The zero-order valence-corrected chi connectivity index (χ0v) is 21.5. The van der Waals surface area contributed by atoms with Gasteiger partial charge in [-0.2, -0.15) is 0 Å². The number of fused-ring (bicyclic) bond motifs is 1. The second-order valence-electron chi connectivity index (χ2n) is 8.57. The topological polar surface area (TPSA) is 36.4 Å². The van der Waals surface area contributed by atoms with E-state index in [2.05, 4.69) is 63.5 Å². The summed E-state index contributed by atoms with van der Waals surface area (Å²) in [6.07, 6.45) is 8.71. The number of unbranched alkanes of at least 4 members (excludes halogenated alkanes) is 1. The van der Waals surface area contributed by atoms with Crippen LogP contribution in [-0.2, 0) is 0 Å². The molecular weight excluding hydrogens is 421 g/mol. The second-order valence-corrected chi connectivity index (χ2v) is 8.57. The lowest BCUT2D eigenvalue weighted by Crippen LogP contribution is -2.30. The summed E-state index contributed by atoms with van der Waals surface area (Å²) >= 11 is 0. The zero-order valence-electron chi connectivity index (χ0n) is 21.5. The predicted octanol–water partition coefficient (Wildman–Crippen LogP) is 8.70. The second kappa shape index (κ2) is 14.2. The number of allylic oxidation sites excluding steroid dienone is 6. The first-order chi connectivity index (χ1) is 16.4. The number of nitrogens with one attached hydrogen (secondary N) is 2. The molecule has 4 rings (SSSR count). The first kappa shape index (κ1) is 27.1. The number of aliphatic imine (C=N–C) groups is 1. The highest BCUT2D eigenvalue weighted by Crippen LogP contribution is 2.30. The average molecular weight is 462 g/mol. The smallest absolute Gasteiger partial charge is 0.147 e. The van der Waals surface area contributed by atoms with Gasteiger partial charge in [-0.05, 0) is 42.3 Å². The lowest BCUT2D eigenvalue weighted by atomic mass is 9.94. The highest BCUT2D eigenvalue weighted by atomic mass is 19.1. The van der Waals surface area contributed by atoms with E-state index in [1.165, 1.54) is 25.3 Å². The molecule has 0 aromatic heterocycles. The van der Waals surface area contributed by atoms with Crippen molar-refractivity contribution < 1.29 is 4.39 Å². The van der Waals surface area contributed by atoms with E-state index in [0.29, 0.717) is 0 Å². The van der Waals surface area contributed by atoms with Crippen molar-refractivity contribution in [1.82, 2.24) is 5.32 Å². The fourth-order valence-electron chi connectivity index (χ4n) is 3.45. The van der Waals surface area contributed by atoms with Gasteiger partial charge in [-0.1, -0.05) is 102 Å². The van der Waals surface area contributed by atoms with Gasteiger partial charge in [0.15, 0.2) is 0 Å². The zero-order chi connectivity index (χ0) is 24.9. The molecule has 2 aliphatic rings. The number of para-hydroxylation sites is 1. The fraction of sp³-hybridized carbons (Fsp3) is 0.367. The van der Waals surface area contributed by atoms with Crippen molar-refractivity contribution >= 4 is 11.5 Å². The lowest BCUT2D eigenvalue weighted by Gasteiger charge is -2.27. The third-order valence-electron chi connectivity index (χ3n) is 5.41. The van der Waals surface area contributed by atoms with Crippen molar-refractivity contribution in [2.45, 2.75) is 67.0 Å². The molecule has 1 heterocycles. The highest BCUT2D eigenvalue weighted by molar-refractivity contribution is 6.05. The number of amidine groups is 1. The van der Waals surface area contributed by atoms with Gasteiger partial charge in [0.1, 0.15) is 17.8 Å². The summed E-state index contributed by atoms with van der Waals surface area (Å²) in [6, 6.07) is 18.2. The Hall–Kier alpha value is -3.14. The van der Waals surface area contributed by atoms with E-state index in [1.54, 1.807) is 6.08 Å². The van der Waals surface area contributed by atoms with Gasteiger partial charge in [-0.25, -0.2) is 9.38 Å². The van der Waals surface area contributed by atoms with Crippen molar-refractivity contribution in [3.05, 3.63) is 101 Å². The van der Waals surface area contributed by atoms with Crippen LogP contribution in [0.4, 0.5) is 10.1 Å². The van der Waals surface area contributed by atoms with Crippen LogP contribution in [0.3, 0.4) is 0 Å². The van der Waals surface area contributed by atoms with E-state index < -0.39 is 0 Å². The Morgan fingerprint density at radius 2 is 1.59 bits per heavy atom. The summed E-state index contributed by atoms with van der Waals surface area (Å²) < 4.78 is 13.7. The standard InChI is InChI=1S/C23H22FN3.C4H10.C3H8/c1-15-12-13-18(24)14-20(15)16(2)25-23-19-10-6-7-11-21(19)26-22(27-23)17-8-4-3-5-9-17;1-3-4-2;1-3-2/h3-15,22,26H,1-2H3,(H,25,27);3-4H2,1-2H3;3H2,1-2H3/b20-16+;;. The van der Waals surface area contributed by atoms with Crippen molar-refractivity contribution in [3.8, 4) is 0 Å². The third kappa shape index (κ3) is 7.72. The minimum atomic E-state index is -0.223. The third-order valence-corrected chi connectivity index (χ3v) is 5.41. The molecule has 2 aromatic carbocycles. The van der Waals surface area contributed by atoms with Crippen LogP contribution in [0.1, 0.15) is 78.1 Å². The van der Waals surface area contributed by atoms with Crippen molar-refractivity contribution in [3.63, 3.8) is 0 Å². The number of hydrogen-bond acceptors (Lipinski definition) is 3. The maximum absolute atomic E-state index is 13.7. The molecule has 0 saturated heterocycles. The van der Waals surface area contributed by atoms with Crippen LogP contribution in [0.25, 0.3) is 0 Å². The molecule has 1 aliphatic carbocycles. The van der Waals surface area contributed by atoms with Crippen LogP contribution in [0.15, 0.2) is 94.9 Å². The van der Waals surface area contributed by atoms with Gasteiger partial charge in [-0.15, -0.1) is 0 Å². The molecule has 0 bridgehead atoms. The fourth-order valence-corrected chi connectivity index (χ4v) is 3.45. The van der Waals surface area contributed by atoms with E-state index in [4.69, 9.17) is 4.99 Å². The number of anilines is 1. The molecule has 0 spiro atoms.